The SMILES string of the molecule is CCc1ccc(CCOc2ccc(CC3SC(=NC(=O)OC(C)(C)C)N(C(=O)OC(C)(C)C)C3=O)cc2)nc1. The number of thioether (sulfide) groups is 1. The second-order valence-electron chi connectivity index (χ2n) is 11.1. The second kappa shape index (κ2) is 12.6. The van der Waals surface area contributed by atoms with Crippen molar-refractivity contribution in [2.24, 2.45) is 4.99 Å². The quantitative estimate of drug-likeness (QED) is 0.411. The maximum atomic E-state index is 13.2. The second-order valence-corrected chi connectivity index (χ2v) is 12.3. The highest BCUT2D eigenvalue weighted by Gasteiger charge is 2.44. The van der Waals surface area contributed by atoms with Crippen molar-refractivity contribution in [1.82, 2.24) is 9.88 Å². The summed E-state index contributed by atoms with van der Waals surface area (Å²) in [4.78, 5) is 47.6. The lowest BCUT2D eigenvalue weighted by Crippen LogP contribution is -2.42. The van der Waals surface area contributed by atoms with E-state index in [-0.39, 0.29) is 5.17 Å². The molecule has 0 aliphatic carbocycles. The molecule has 3 rings (SSSR count). The van der Waals surface area contributed by atoms with Crippen LogP contribution in [0, 0.1) is 0 Å². The van der Waals surface area contributed by atoms with E-state index >= 15 is 0 Å². The lowest BCUT2D eigenvalue weighted by atomic mass is 10.1. The first-order chi connectivity index (χ1) is 18.2. The normalized spacial score (nSPS) is 16.9. The first kappa shape index (κ1) is 30.1. The van der Waals surface area contributed by atoms with Crippen LogP contribution in [0.25, 0.3) is 0 Å². The van der Waals surface area contributed by atoms with Crippen molar-refractivity contribution in [2.75, 3.05) is 6.61 Å². The third-order valence-electron chi connectivity index (χ3n) is 5.36. The number of amides is 3. The van der Waals surface area contributed by atoms with Gasteiger partial charge in [-0.2, -0.15) is 9.89 Å². The molecule has 10 heteroatoms. The van der Waals surface area contributed by atoms with Crippen LogP contribution < -0.4 is 4.74 Å². The molecule has 2 heterocycles. The van der Waals surface area contributed by atoms with Crippen molar-refractivity contribution in [1.29, 1.82) is 0 Å². The van der Waals surface area contributed by atoms with Crippen LogP contribution in [0.15, 0.2) is 47.6 Å². The van der Waals surface area contributed by atoms with E-state index in [4.69, 9.17) is 14.2 Å². The van der Waals surface area contributed by atoms with Gasteiger partial charge in [-0.3, -0.25) is 9.78 Å². The van der Waals surface area contributed by atoms with Gasteiger partial charge in [0.1, 0.15) is 17.0 Å². The van der Waals surface area contributed by atoms with Crippen molar-refractivity contribution in [3.8, 4) is 5.75 Å². The maximum absolute atomic E-state index is 13.2. The van der Waals surface area contributed by atoms with E-state index in [0.717, 1.165) is 34.3 Å². The first-order valence-electron chi connectivity index (χ1n) is 12.9. The third kappa shape index (κ3) is 9.38. The lowest BCUT2D eigenvalue weighted by Gasteiger charge is -2.23. The predicted octanol–water partition coefficient (Wildman–Crippen LogP) is 5.98. The summed E-state index contributed by atoms with van der Waals surface area (Å²) in [5.74, 6) is 0.204. The summed E-state index contributed by atoms with van der Waals surface area (Å²) in [5.41, 5.74) is 1.44. The van der Waals surface area contributed by atoms with Crippen molar-refractivity contribution >= 4 is 35.0 Å². The summed E-state index contributed by atoms with van der Waals surface area (Å²) in [7, 11) is 0. The van der Waals surface area contributed by atoms with Gasteiger partial charge in [-0.1, -0.05) is 36.9 Å². The van der Waals surface area contributed by atoms with Gasteiger partial charge in [0.25, 0.3) is 5.91 Å². The van der Waals surface area contributed by atoms with Crippen LogP contribution in [-0.2, 0) is 33.5 Å². The molecule has 1 aliphatic heterocycles. The van der Waals surface area contributed by atoms with Crippen LogP contribution in [0.4, 0.5) is 9.59 Å². The fraction of sp³-hybridized carbons (Fsp3) is 0.483. The Morgan fingerprint density at radius 2 is 1.62 bits per heavy atom. The van der Waals surface area contributed by atoms with Crippen LogP contribution >= 0.6 is 11.8 Å². The standard InChI is InChI=1S/C29H37N3O6S/c1-8-19-9-12-21(30-18-19)15-16-36-22-13-10-20(11-14-22)17-23-24(33)32(27(35)38-29(5,6)7)25(39-23)31-26(34)37-28(2,3)4/h9-14,18,23H,8,15-17H2,1-7H3. The zero-order chi connectivity index (χ0) is 28.8. The average molecular weight is 556 g/mol. The van der Waals surface area contributed by atoms with E-state index in [1.54, 1.807) is 41.5 Å². The smallest absolute Gasteiger partial charge is 0.436 e. The Hall–Kier alpha value is -3.40. The molecule has 1 aromatic carbocycles. The minimum atomic E-state index is -0.884. The molecule has 9 nitrogen and oxygen atoms in total. The molecule has 1 fully saturated rings. The van der Waals surface area contributed by atoms with E-state index in [0.29, 0.717) is 25.2 Å². The molecule has 2 aromatic rings. The Kier molecular flexibility index (Phi) is 9.77. The minimum absolute atomic E-state index is 0.0611. The topological polar surface area (TPSA) is 107 Å². The van der Waals surface area contributed by atoms with E-state index in [1.165, 1.54) is 5.56 Å². The van der Waals surface area contributed by atoms with E-state index in [2.05, 4.69) is 23.0 Å². The number of carbonyl (C=O) groups excluding carboxylic acids is 3. The Morgan fingerprint density at radius 1 is 0.974 bits per heavy atom. The van der Waals surface area contributed by atoms with Crippen LogP contribution in [-0.4, -0.2) is 56.2 Å². The Balaban J connectivity index is 1.65. The molecule has 0 bridgehead atoms. The Bertz CT molecular complexity index is 1200. The van der Waals surface area contributed by atoms with Gasteiger partial charge in [-0.15, -0.1) is 0 Å². The third-order valence-corrected chi connectivity index (χ3v) is 6.49. The van der Waals surface area contributed by atoms with Gasteiger partial charge < -0.3 is 14.2 Å². The highest BCUT2D eigenvalue weighted by molar-refractivity contribution is 8.15. The summed E-state index contributed by atoms with van der Waals surface area (Å²) < 4.78 is 16.5. The monoisotopic (exact) mass is 555 g/mol. The van der Waals surface area contributed by atoms with Crippen LogP contribution in [0.3, 0.4) is 0 Å². The summed E-state index contributed by atoms with van der Waals surface area (Å²) in [6, 6.07) is 11.5. The zero-order valence-electron chi connectivity index (χ0n) is 23.6. The minimum Gasteiger partial charge on any atom is -0.493 e. The number of aliphatic imine (C=N–C) groups is 1. The number of aryl methyl sites for hydroxylation is 1. The van der Waals surface area contributed by atoms with Crippen LogP contribution in [0.5, 0.6) is 5.75 Å². The van der Waals surface area contributed by atoms with Crippen molar-refractivity contribution < 1.29 is 28.6 Å². The average Bonchev–Trinajstić information content (AvgIpc) is 3.12. The van der Waals surface area contributed by atoms with Gasteiger partial charge in [-0.25, -0.2) is 9.59 Å². The van der Waals surface area contributed by atoms with E-state index in [1.807, 2.05) is 36.5 Å². The molecule has 39 heavy (non-hydrogen) atoms. The first-order valence-corrected chi connectivity index (χ1v) is 13.8. The number of imide groups is 1. The van der Waals surface area contributed by atoms with E-state index in [9.17, 15) is 14.4 Å². The van der Waals surface area contributed by atoms with Crippen molar-refractivity contribution in [3.05, 3.63) is 59.4 Å². The Morgan fingerprint density at radius 3 is 2.18 bits per heavy atom. The molecular weight excluding hydrogens is 518 g/mol. The lowest BCUT2D eigenvalue weighted by molar-refractivity contribution is -0.125. The number of amidine groups is 1. The number of hydrogen-bond donors (Lipinski definition) is 0. The Labute approximate surface area is 234 Å². The van der Waals surface area contributed by atoms with Crippen molar-refractivity contribution in [3.63, 3.8) is 0 Å². The molecular formula is C29H37N3O6S. The van der Waals surface area contributed by atoms with Crippen molar-refractivity contribution in [2.45, 2.75) is 84.2 Å². The molecule has 1 atom stereocenters. The maximum Gasteiger partial charge on any atom is 0.436 e. The molecule has 1 aliphatic rings. The molecule has 1 saturated heterocycles. The fourth-order valence-electron chi connectivity index (χ4n) is 3.53. The molecule has 0 N–H and O–H groups in total. The summed E-state index contributed by atoms with van der Waals surface area (Å²) in [5, 5.41) is -0.725. The number of carbonyl (C=O) groups is 3. The summed E-state index contributed by atoms with van der Waals surface area (Å²) in [6.45, 7) is 12.8. The zero-order valence-corrected chi connectivity index (χ0v) is 24.5. The van der Waals surface area contributed by atoms with Gasteiger partial charge >= 0.3 is 12.2 Å². The number of ether oxygens (including phenoxy) is 3. The van der Waals surface area contributed by atoms with Gasteiger partial charge in [-0.05, 0) is 83.7 Å². The predicted molar refractivity (Wildman–Crippen MR) is 151 cm³/mol. The molecule has 1 unspecified atom stereocenters. The summed E-state index contributed by atoms with van der Waals surface area (Å²) >= 11 is 1.04. The number of benzene rings is 1. The number of pyridine rings is 1. The highest BCUT2D eigenvalue weighted by Crippen LogP contribution is 2.32. The molecule has 0 saturated carbocycles. The van der Waals surface area contributed by atoms with Gasteiger partial charge in [0.2, 0.25) is 0 Å². The highest BCUT2D eigenvalue weighted by atomic mass is 32.2. The number of rotatable bonds is 7. The molecule has 3 amide bonds. The molecule has 210 valence electrons. The summed E-state index contributed by atoms with van der Waals surface area (Å²) in [6.07, 6.45) is 2.10. The van der Waals surface area contributed by atoms with Crippen LogP contribution in [0.1, 0.15) is 65.3 Å². The van der Waals surface area contributed by atoms with Gasteiger partial charge in [0.15, 0.2) is 5.17 Å². The van der Waals surface area contributed by atoms with Gasteiger partial charge in [0, 0.05) is 18.3 Å². The largest absolute Gasteiger partial charge is 0.493 e. The molecule has 0 radical (unpaired) electrons. The number of nitrogens with zero attached hydrogens (tertiary/aromatic N) is 3. The molecule has 0 spiro atoms. The number of aromatic nitrogens is 1. The van der Waals surface area contributed by atoms with Crippen LogP contribution in [0.2, 0.25) is 0 Å². The van der Waals surface area contributed by atoms with Gasteiger partial charge in [0.05, 0.1) is 11.9 Å². The number of hydrogen-bond acceptors (Lipinski definition) is 8. The van der Waals surface area contributed by atoms with E-state index < -0.39 is 34.5 Å². The molecule has 1 aromatic heterocycles. The fourth-order valence-corrected chi connectivity index (χ4v) is 4.67.